The lowest BCUT2D eigenvalue weighted by atomic mass is 10.1. The summed E-state index contributed by atoms with van der Waals surface area (Å²) in [6, 6.07) is 5.96. The van der Waals surface area contributed by atoms with Crippen LogP contribution in [-0.4, -0.2) is 4.98 Å². The molecule has 0 radical (unpaired) electrons. The summed E-state index contributed by atoms with van der Waals surface area (Å²) in [5.41, 5.74) is 6.38. The number of ether oxygens (including phenoxy) is 1. The number of halogens is 2. The van der Waals surface area contributed by atoms with Crippen LogP contribution in [-0.2, 0) is 0 Å². The molecular weight excluding hydrogens is 255 g/mol. The summed E-state index contributed by atoms with van der Waals surface area (Å²) in [5.74, 6) is 0.0307. The molecular formula is C13H12ClFN2O. The number of nitrogens with two attached hydrogens (primary N) is 1. The van der Waals surface area contributed by atoms with Crippen LogP contribution in [0.25, 0.3) is 0 Å². The van der Waals surface area contributed by atoms with Crippen LogP contribution in [0.4, 0.5) is 4.39 Å². The Labute approximate surface area is 109 Å². The Kier molecular flexibility index (Phi) is 3.79. The van der Waals surface area contributed by atoms with Crippen molar-refractivity contribution in [1.82, 2.24) is 4.98 Å². The number of hydrogen-bond donors (Lipinski definition) is 1. The van der Waals surface area contributed by atoms with Crippen LogP contribution < -0.4 is 10.5 Å². The SMILES string of the molecule is C[C@@H](N)c1ccc(Oc2cncc(Cl)c2)c(F)c1. The highest BCUT2D eigenvalue weighted by atomic mass is 35.5. The van der Waals surface area contributed by atoms with Crippen molar-refractivity contribution in [2.24, 2.45) is 5.73 Å². The zero-order valence-corrected chi connectivity index (χ0v) is 10.5. The van der Waals surface area contributed by atoms with Gasteiger partial charge >= 0.3 is 0 Å². The molecule has 2 rings (SSSR count). The zero-order valence-electron chi connectivity index (χ0n) is 9.73. The van der Waals surface area contributed by atoms with Gasteiger partial charge in [-0.15, -0.1) is 0 Å². The van der Waals surface area contributed by atoms with Gasteiger partial charge in [-0.25, -0.2) is 4.39 Å². The molecule has 0 bridgehead atoms. The van der Waals surface area contributed by atoms with Gasteiger partial charge in [0.15, 0.2) is 11.6 Å². The average molecular weight is 267 g/mol. The molecule has 0 spiro atoms. The largest absolute Gasteiger partial charge is 0.453 e. The van der Waals surface area contributed by atoms with E-state index in [4.69, 9.17) is 22.1 Å². The van der Waals surface area contributed by atoms with Crippen LogP contribution in [0.5, 0.6) is 11.5 Å². The van der Waals surface area contributed by atoms with Crippen LogP contribution >= 0.6 is 11.6 Å². The number of hydrogen-bond acceptors (Lipinski definition) is 3. The molecule has 0 fully saturated rings. The van der Waals surface area contributed by atoms with Crippen molar-refractivity contribution in [2.75, 3.05) is 0 Å². The molecule has 0 aliphatic heterocycles. The van der Waals surface area contributed by atoms with Gasteiger partial charge in [0.25, 0.3) is 0 Å². The Morgan fingerprint density at radius 2 is 2.11 bits per heavy atom. The van der Waals surface area contributed by atoms with Crippen LogP contribution in [0.3, 0.4) is 0 Å². The minimum atomic E-state index is -0.468. The standard InChI is InChI=1S/C13H12ClFN2O/c1-8(16)9-2-3-13(12(15)4-9)18-11-5-10(14)6-17-7-11/h2-8H,16H2,1H3/t8-/m1/s1. The number of benzene rings is 1. The molecule has 1 aromatic heterocycles. The monoisotopic (exact) mass is 266 g/mol. The van der Waals surface area contributed by atoms with E-state index in [2.05, 4.69) is 4.98 Å². The first-order valence-corrected chi connectivity index (χ1v) is 5.77. The molecule has 0 aliphatic carbocycles. The van der Waals surface area contributed by atoms with E-state index < -0.39 is 5.82 Å². The van der Waals surface area contributed by atoms with Crippen LogP contribution in [0.15, 0.2) is 36.7 Å². The van der Waals surface area contributed by atoms with Crippen molar-refractivity contribution in [3.8, 4) is 11.5 Å². The van der Waals surface area contributed by atoms with Crippen molar-refractivity contribution >= 4 is 11.6 Å². The maximum atomic E-state index is 13.8. The van der Waals surface area contributed by atoms with Gasteiger partial charge < -0.3 is 10.5 Å². The first kappa shape index (κ1) is 12.8. The van der Waals surface area contributed by atoms with Gasteiger partial charge in [-0.2, -0.15) is 0 Å². The highest BCUT2D eigenvalue weighted by molar-refractivity contribution is 6.30. The first-order valence-electron chi connectivity index (χ1n) is 5.39. The smallest absolute Gasteiger partial charge is 0.166 e. The maximum Gasteiger partial charge on any atom is 0.166 e. The molecule has 1 aromatic carbocycles. The fourth-order valence-corrected chi connectivity index (χ4v) is 1.62. The lowest BCUT2D eigenvalue weighted by Crippen LogP contribution is -2.05. The van der Waals surface area contributed by atoms with Gasteiger partial charge in [-0.05, 0) is 24.6 Å². The van der Waals surface area contributed by atoms with Crippen molar-refractivity contribution < 1.29 is 9.13 Å². The van der Waals surface area contributed by atoms with E-state index in [0.29, 0.717) is 16.3 Å². The molecule has 3 nitrogen and oxygen atoms in total. The number of pyridine rings is 1. The molecule has 2 N–H and O–H groups in total. The van der Waals surface area contributed by atoms with E-state index in [1.54, 1.807) is 19.1 Å². The summed E-state index contributed by atoms with van der Waals surface area (Å²) >= 11 is 5.76. The van der Waals surface area contributed by atoms with E-state index in [9.17, 15) is 4.39 Å². The quantitative estimate of drug-likeness (QED) is 0.922. The first-order chi connectivity index (χ1) is 8.56. The van der Waals surface area contributed by atoms with E-state index >= 15 is 0 Å². The highest BCUT2D eigenvalue weighted by Gasteiger charge is 2.08. The zero-order chi connectivity index (χ0) is 13.1. The third kappa shape index (κ3) is 2.97. The van der Waals surface area contributed by atoms with Crippen molar-refractivity contribution in [3.05, 3.63) is 53.1 Å². The van der Waals surface area contributed by atoms with Crippen molar-refractivity contribution in [3.63, 3.8) is 0 Å². The van der Waals surface area contributed by atoms with E-state index in [1.807, 2.05) is 0 Å². The molecule has 0 amide bonds. The number of aromatic nitrogens is 1. The molecule has 5 heteroatoms. The van der Waals surface area contributed by atoms with Crippen LogP contribution in [0, 0.1) is 5.82 Å². The maximum absolute atomic E-state index is 13.8. The molecule has 2 aromatic rings. The number of nitrogens with zero attached hydrogens (tertiary/aromatic N) is 1. The van der Waals surface area contributed by atoms with Gasteiger partial charge in [-0.3, -0.25) is 4.98 Å². The van der Waals surface area contributed by atoms with Crippen molar-refractivity contribution in [2.45, 2.75) is 13.0 Å². The van der Waals surface area contributed by atoms with E-state index in [1.165, 1.54) is 24.5 Å². The van der Waals surface area contributed by atoms with E-state index in [-0.39, 0.29) is 11.8 Å². The second-order valence-electron chi connectivity index (χ2n) is 3.92. The fourth-order valence-electron chi connectivity index (χ4n) is 1.46. The van der Waals surface area contributed by atoms with Gasteiger partial charge in [0.1, 0.15) is 5.75 Å². The second-order valence-corrected chi connectivity index (χ2v) is 4.36. The van der Waals surface area contributed by atoms with Crippen molar-refractivity contribution in [1.29, 1.82) is 0 Å². The topological polar surface area (TPSA) is 48.1 Å². The second kappa shape index (κ2) is 5.33. The summed E-state index contributed by atoms with van der Waals surface area (Å²) < 4.78 is 19.1. The van der Waals surface area contributed by atoms with Crippen LogP contribution in [0.2, 0.25) is 5.02 Å². The fraction of sp³-hybridized carbons (Fsp3) is 0.154. The summed E-state index contributed by atoms with van der Waals surface area (Å²) in [5, 5.41) is 0.431. The van der Waals surface area contributed by atoms with Gasteiger partial charge in [0.2, 0.25) is 0 Å². The number of rotatable bonds is 3. The molecule has 0 aliphatic rings. The Balaban J connectivity index is 2.24. The summed E-state index contributed by atoms with van der Waals surface area (Å²) in [6.45, 7) is 1.79. The molecule has 94 valence electrons. The predicted molar refractivity (Wildman–Crippen MR) is 68.3 cm³/mol. The molecule has 1 atom stereocenters. The molecule has 1 heterocycles. The van der Waals surface area contributed by atoms with E-state index in [0.717, 1.165) is 0 Å². The minimum absolute atomic E-state index is 0.114. The van der Waals surface area contributed by atoms with Crippen LogP contribution in [0.1, 0.15) is 18.5 Å². The summed E-state index contributed by atoms with van der Waals surface area (Å²) in [7, 11) is 0. The normalized spacial score (nSPS) is 12.2. The highest BCUT2D eigenvalue weighted by Crippen LogP contribution is 2.27. The lowest BCUT2D eigenvalue weighted by Gasteiger charge is -2.10. The Hall–Kier alpha value is -1.65. The molecule has 0 saturated carbocycles. The Morgan fingerprint density at radius 3 is 2.72 bits per heavy atom. The van der Waals surface area contributed by atoms with Gasteiger partial charge in [0, 0.05) is 18.3 Å². The third-order valence-corrected chi connectivity index (χ3v) is 2.60. The Bertz CT molecular complexity index is 560. The predicted octanol–water partition coefficient (Wildman–Crippen LogP) is 3.69. The molecule has 0 unspecified atom stereocenters. The van der Waals surface area contributed by atoms with Gasteiger partial charge in [-0.1, -0.05) is 17.7 Å². The minimum Gasteiger partial charge on any atom is -0.453 e. The summed E-state index contributed by atoms with van der Waals surface area (Å²) in [6.07, 6.45) is 2.94. The third-order valence-electron chi connectivity index (χ3n) is 2.39. The molecule has 18 heavy (non-hydrogen) atoms. The lowest BCUT2D eigenvalue weighted by molar-refractivity contribution is 0.439. The average Bonchev–Trinajstić information content (AvgIpc) is 2.31. The Morgan fingerprint density at radius 1 is 1.33 bits per heavy atom. The molecule has 0 saturated heterocycles. The summed E-state index contributed by atoms with van der Waals surface area (Å²) in [4.78, 5) is 3.86. The van der Waals surface area contributed by atoms with Gasteiger partial charge in [0.05, 0.1) is 11.2 Å².